The summed E-state index contributed by atoms with van der Waals surface area (Å²) in [6.45, 7) is 0.410. The molecule has 0 fully saturated rings. The molecule has 1 aromatic heterocycles. The van der Waals surface area contributed by atoms with Crippen molar-refractivity contribution in [2.24, 2.45) is 5.73 Å². The van der Waals surface area contributed by atoms with Crippen molar-refractivity contribution in [2.75, 3.05) is 24.3 Å². The lowest BCUT2D eigenvalue weighted by molar-refractivity contribution is 0.603. The van der Waals surface area contributed by atoms with Crippen LogP contribution in [-0.4, -0.2) is 47.5 Å². The highest BCUT2D eigenvalue weighted by Crippen LogP contribution is 2.22. The van der Waals surface area contributed by atoms with E-state index in [9.17, 15) is 12.8 Å². The number of nitrogens with two attached hydrogens (primary N) is 1. The molecule has 0 atom stereocenters. The van der Waals surface area contributed by atoms with Gasteiger partial charge < -0.3 is 5.73 Å². The number of nitrogens with zero attached hydrogens (tertiary/aromatic N) is 3. The van der Waals surface area contributed by atoms with E-state index in [2.05, 4.69) is 10.2 Å². The number of hydrogen-bond acceptors (Lipinski definition) is 6. The van der Waals surface area contributed by atoms with Crippen LogP contribution in [0.1, 0.15) is 5.82 Å². The van der Waals surface area contributed by atoms with Gasteiger partial charge in [0.05, 0.1) is 5.75 Å². The van der Waals surface area contributed by atoms with Gasteiger partial charge in [0.1, 0.15) is 21.5 Å². The Balaban J connectivity index is 2.28. The van der Waals surface area contributed by atoms with Gasteiger partial charge in [-0.15, -0.1) is 10.2 Å². The Kier molecular flexibility index (Phi) is 5.54. The molecule has 1 heterocycles. The molecule has 0 radical (unpaired) electrons. The molecule has 0 unspecified atom stereocenters. The fourth-order valence-electron chi connectivity index (χ4n) is 1.82. The number of halogens is 1. The van der Waals surface area contributed by atoms with E-state index in [0.29, 0.717) is 29.7 Å². The summed E-state index contributed by atoms with van der Waals surface area (Å²) < 4.78 is 37.3. The van der Waals surface area contributed by atoms with E-state index in [0.717, 1.165) is 5.69 Å². The lowest BCUT2D eigenvalue weighted by Crippen LogP contribution is -2.10. The van der Waals surface area contributed by atoms with Crippen LogP contribution in [0.3, 0.4) is 0 Å². The number of benzene rings is 1. The molecule has 0 aliphatic carbocycles. The third-order valence-corrected chi connectivity index (χ3v) is 4.97. The molecule has 2 rings (SSSR count). The van der Waals surface area contributed by atoms with Crippen molar-refractivity contribution in [3.63, 3.8) is 0 Å². The van der Waals surface area contributed by atoms with Crippen LogP contribution in [0.5, 0.6) is 0 Å². The fraction of sp³-hybridized carbons (Fsp3) is 0.385. The SMILES string of the molecule is CS(=O)(=O)CCSc1nnc(CCN)n1-c1ccc(F)cc1. The molecule has 0 spiro atoms. The van der Waals surface area contributed by atoms with Crippen molar-refractivity contribution < 1.29 is 12.8 Å². The monoisotopic (exact) mass is 344 g/mol. The maximum Gasteiger partial charge on any atom is 0.195 e. The van der Waals surface area contributed by atoms with Crippen LogP contribution < -0.4 is 5.73 Å². The summed E-state index contributed by atoms with van der Waals surface area (Å²) in [6.07, 6.45) is 1.72. The standard InChI is InChI=1S/C13H17FN4O2S2/c1-22(19,20)9-8-21-13-17-16-12(6-7-15)18(13)11-4-2-10(14)3-5-11/h2-5H,6-9,15H2,1H3. The van der Waals surface area contributed by atoms with Crippen LogP contribution >= 0.6 is 11.8 Å². The lowest BCUT2D eigenvalue weighted by atomic mass is 10.3. The Morgan fingerprint density at radius 2 is 1.95 bits per heavy atom. The van der Waals surface area contributed by atoms with Gasteiger partial charge in [0.2, 0.25) is 0 Å². The Hall–Kier alpha value is -1.45. The van der Waals surface area contributed by atoms with Gasteiger partial charge in [0.15, 0.2) is 5.16 Å². The molecule has 0 bridgehead atoms. The highest BCUT2D eigenvalue weighted by molar-refractivity contribution is 8.00. The minimum Gasteiger partial charge on any atom is -0.330 e. The normalized spacial score (nSPS) is 11.8. The summed E-state index contributed by atoms with van der Waals surface area (Å²) in [5.41, 5.74) is 6.29. The van der Waals surface area contributed by atoms with Gasteiger partial charge in [-0.05, 0) is 30.8 Å². The van der Waals surface area contributed by atoms with E-state index in [-0.39, 0.29) is 11.6 Å². The summed E-state index contributed by atoms with van der Waals surface area (Å²) in [7, 11) is -3.03. The smallest absolute Gasteiger partial charge is 0.195 e. The zero-order valence-corrected chi connectivity index (χ0v) is 13.7. The van der Waals surface area contributed by atoms with Gasteiger partial charge >= 0.3 is 0 Å². The van der Waals surface area contributed by atoms with E-state index in [4.69, 9.17) is 5.73 Å². The summed E-state index contributed by atoms with van der Waals surface area (Å²) in [6, 6.07) is 5.96. The largest absolute Gasteiger partial charge is 0.330 e. The molecule has 0 aliphatic heterocycles. The predicted molar refractivity (Wildman–Crippen MR) is 84.5 cm³/mol. The average molecular weight is 344 g/mol. The molecule has 1 aromatic carbocycles. The van der Waals surface area contributed by atoms with E-state index in [1.165, 1.54) is 30.2 Å². The van der Waals surface area contributed by atoms with Gasteiger partial charge in [0.25, 0.3) is 0 Å². The van der Waals surface area contributed by atoms with Crippen molar-refractivity contribution in [1.82, 2.24) is 14.8 Å². The first-order valence-corrected chi connectivity index (χ1v) is 9.66. The van der Waals surface area contributed by atoms with E-state index in [1.54, 1.807) is 16.7 Å². The summed E-state index contributed by atoms with van der Waals surface area (Å²) in [5, 5.41) is 8.74. The third-order valence-electron chi connectivity index (χ3n) is 2.84. The minimum atomic E-state index is -3.03. The van der Waals surface area contributed by atoms with Crippen LogP contribution in [0.2, 0.25) is 0 Å². The molecule has 0 amide bonds. The van der Waals surface area contributed by atoms with Gasteiger partial charge in [-0.3, -0.25) is 4.57 Å². The molecule has 9 heteroatoms. The second kappa shape index (κ2) is 7.21. The van der Waals surface area contributed by atoms with E-state index >= 15 is 0 Å². The molecule has 22 heavy (non-hydrogen) atoms. The molecule has 2 N–H and O–H groups in total. The second-order valence-corrected chi connectivity index (χ2v) is 8.05. The summed E-state index contributed by atoms with van der Waals surface area (Å²) >= 11 is 1.30. The van der Waals surface area contributed by atoms with Gasteiger partial charge in [-0.2, -0.15) is 0 Å². The molecule has 6 nitrogen and oxygen atoms in total. The van der Waals surface area contributed by atoms with Crippen LogP contribution in [0.15, 0.2) is 29.4 Å². The lowest BCUT2D eigenvalue weighted by Gasteiger charge is -2.09. The van der Waals surface area contributed by atoms with E-state index < -0.39 is 9.84 Å². The highest BCUT2D eigenvalue weighted by atomic mass is 32.2. The Morgan fingerprint density at radius 1 is 1.27 bits per heavy atom. The minimum absolute atomic E-state index is 0.0557. The molecule has 0 saturated heterocycles. The van der Waals surface area contributed by atoms with Crippen molar-refractivity contribution in [3.05, 3.63) is 35.9 Å². The van der Waals surface area contributed by atoms with Gasteiger partial charge in [-0.25, -0.2) is 12.8 Å². The first-order valence-electron chi connectivity index (χ1n) is 6.61. The van der Waals surface area contributed by atoms with Crippen LogP contribution in [0.4, 0.5) is 4.39 Å². The first kappa shape index (κ1) is 16.9. The maximum atomic E-state index is 13.1. The molecule has 0 saturated carbocycles. The van der Waals surface area contributed by atoms with E-state index in [1.807, 2.05) is 0 Å². The fourth-order valence-corrected chi connectivity index (χ4v) is 3.98. The number of rotatable bonds is 7. The zero-order chi connectivity index (χ0) is 16.2. The van der Waals surface area contributed by atoms with Crippen molar-refractivity contribution >= 4 is 21.6 Å². The number of thioether (sulfide) groups is 1. The van der Waals surface area contributed by atoms with Crippen molar-refractivity contribution in [3.8, 4) is 5.69 Å². The van der Waals surface area contributed by atoms with Crippen LogP contribution in [0, 0.1) is 5.82 Å². The quantitative estimate of drug-likeness (QED) is 0.755. The van der Waals surface area contributed by atoms with Crippen molar-refractivity contribution in [2.45, 2.75) is 11.6 Å². The Labute approximate surface area is 132 Å². The molecule has 2 aromatic rings. The number of sulfone groups is 1. The second-order valence-electron chi connectivity index (χ2n) is 4.73. The average Bonchev–Trinajstić information content (AvgIpc) is 2.82. The van der Waals surface area contributed by atoms with Crippen molar-refractivity contribution in [1.29, 1.82) is 0 Å². The summed E-state index contributed by atoms with van der Waals surface area (Å²) in [5.74, 6) is 0.764. The van der Waals surface area contributed by atoms with Gasteiger partial charge in [-0.1, -0.05) is 11.8 Å². The summed E-state index contributed by atoms with van der Waals surface area (Å²) in [4.78, 5) is 0. The van der Waals surface area contributed by atoms with Crippen LogP contribution in [-0.2, 0) is 16.3 Å². The Morgan fingerprint density at radius 3 is 2.55 bits per heavy atom. The number of hydrogen-bond donors (Lipinski definition) is 1. The van der Waals surface area contributed by atoms with Crippen LogP contribution in [0.25, 0.3) is 5.69 Å². The molecular formula is C13H17FN4O2S2. The predicted octanol–water partition coefficient (Wildman–Crippen LogP) is 1.04. The topological polar surface area (TPSA) is 90.9 Å². The first-order chi connectivity index (χ1) is 10.4. The highest BCUT2D eigenvalue weighted by Gasteiger charge is 2.15. The molecule has 120 valence electrons. The maximum absolute atomic E-state index is 13.1. The Bertz CT molecular complexity index is 729. The van der Waals surface area contributed by atoms with Gasteiger partial charge in [0, 0.05) is 24.1 Å². The zero-order valence-electron chi connectivity index (χ0n) is 12.1. The number of aromatic nitrogens is 3. The molecular weight excluding hydrogens is 327 g/mol. The third kappa shape index (κ3) is 4.52. The molecule has 0 aliphatic rings.